The Balaban J connectivity index is 1.16. The molecule has 4 aromatic carbocycles. The summed E-state index contributed by atoms with van der Waals surface area (Å²) in [6.45, 7) is 7.72. The van der Waals surface area contributed by atoms with Crippen molar-refractivity contribution in [3.8, 4) is 39.8 Å². The van der Waals surface area contributed by atoms with E-state index in [2.05, 4.69) is 32.0 Å². The zero-order valence-corrected chi connectivity index (χ0v) is 26.4. The molecule has 0 spiro atoms. The number of ether oxygens (including phenoxy) is 2. The van der Waals surface area contributed by atoms with Crippen molar-refractivity contribution >= 4 is 39.4 Å². The summed E-state index contributed by atoms with van der Waals surface area (Å²) in [4.78, 5) is 31.4. The molecule has 2 heterocycles. The van der Waals surface area contributed by atoms with Crippen molar-refractivity contribution < 1.29 is 19.1 Å². The summed E-state index contributed by atoms with van der Waals surface area (Å²) >= 11 is 0. The van der Waals surface area contributed by atoms with Gasteiger partial charge in [-0.05, 0) is 106 Å². The van der Waals surface area contributed by atoms with Crippen LogP contribution < -0.4 is 25.4 Å². The number of urea groups is 1. The molecule has 6 aromatic rings. The number of carbonyl (C=O) groups is 2. The van der Waals surface area contributed by atoms with Gasteiger partial charge in [0.25, 0.3) is 5.91 Å². The molecule has 3 amide bonds. The van der Waals surface area contributed by atoms with E-state index >= 15 is 0 Å². The van der Waals surface area contributed by atoms with Gasteiger partial charge >= 0.3 is 6.03 Å². The maximum Gasteiger partial charge on any atom is 0.319 e. The lowest BCUT2D eigenvalue weighted by molar-refractivity contribution is 0.0943. The summed E-state index contributed by atoms with van der Waals surface area (Å²) in [6, 6.07) is 29.0. The highest BCUT2D eigenvalue weighted by molar-refractivity contribution is 5.99. The lowest BCUT2D eigenvalue weighted by Crippen LogP contribution is -2.34. The number of hydrogen-bond acceptors (Lipinski definition) is 4. The Morgan fingerprint density at radius 2 is 1.33 bits per heavy atom. The van der Waals surface area contributed by atoms with Gasteiger partial charge in [0.1, 0.15) is 17.2 Å². The van der Waals surface area contributed by atoms with Crippen LogP contribution in [0.3, 0.4) is 0 Å². The molecule has 0 fully saturated rings. The number of benzene rings is 4. The Morgan fingerprint density at radius 3 is 2.04 bits per heavy atom. The first-order valence-corrected chi connectivity index (χ1v) is 15.3. The van der Waals surface area contributed by atoms with Gasteiger partial charge in [-0.3, -0.25) is 4.79 Å². The molecule has 9 heteroatoms. The molecule has 0 saturated carbocycles. The summed E-state index contributed by atoms with van der Waals surface area (Å²) in [6.07, 6.45) is 0. The maximum absolute atomic E-state index is 12.5. The van der Waals surface area contributed by atoms with Crippen LogP contribution in [0.15, 0.2) is 91.0 Å². The van der Waals surface area contributed by atoms with Gasteiger partial charge in [-0.15, -0.1) is 0 Å². The fourth-order valence-electron chi connectivity index (χ4n) is 5.34. The Morgan fingerprint density at radius 1 is 0.674 bits per heavy atom. The van der Waals surface area contributed by atoms with Gasteiger partial charge in [0.15, 0.2) is 0 Å². The van der Waals surface area contributed by atoms with Gasteiger partial charge in [-0.1, -0.05) is 12.1 Å². The molecule has 0 bridgehead atoms. The van der Waals surface area contributed by atoms with E-state index < -0.39 is 0 Å². The van der Waals surface area contributed by atoms with E-state index in [1.807, 2.05) is 113 Å². The Hall–Kier alpha value is -5.70. The number of anilines is 1. The number of methoxy groups -OCH3 is 1. The minimum atomic E-state index is -0.232. The number of aromatic amines is 2. The summed E-state index contributed by atoms with van der Waals surface area (Å²) in [5, 5.41) is 10.7. The normalized spacial score (nSPS) is 11.3. The number of fused-ring (bicyclic) bond motifs is 2. The first-order valence-electron chi connectivity index (χ1n) is 15.3. The summed E-state index contributed by atoms with van der Waals surface area (Å²) in [7, 11) is 1.63. The third-order valence-corrected chi connectivity index (χ3v) is 7.47. The van der Waals surface area contributed by atoms with E-state index in [-0.39, 0.29) is 24.0 Å². The lowest BCUT2D eigenvalue weighted by Gasteiger charge is -2.11. The lowest BCUT2D eigenvalue weighted by atomic mass is 10.1. The van der Waals surface area contributed by atoms with Crippen LogP contribution in [0, 0.1) is 0 Å². The number of nitrogens with one attached hydrogen (secondary N) is 5. The second kappa shape index (κ2) is 12.7. The van der Waals surface area contributed by atoms with Gasteiger partial charge in [-0.2, -0.15) is 0 Å². The van der Waals surface area contributed by atoms with E-state index in [9.17, 15) is 9.59 Å². The average Bonchev–Trinajstić information content (AvgIpc) is 3.64. The quantitative estimate of drug-likeness (QED) is 0.112. The summed E-state index contributed by atoms with van der Waals surface area (Å²) < 4.78 is 11.9. The minimum Gasteiger partial charge on any atom is -0.496 e. The van der Waals surface area contributed by atoms with Gasteiger partial charge in [-0.25, -0.2) is 4.79 Å². The monoisotopic (exact) mass is 615 g/mol. The highest BCUT2D eigenvalue weighted by Gasteiger charge is 2.14. The summed E-state index contributed by atoms with van der Waals surface area (Å²) in [5.41, 5.74) is 6.85. The van der Waals surface area contributed by atoms with Crippen LogP contribution in [0.2, 0.25) is 0 Å². The molecule has 5 N–H and O–H groups in total. The van der Waals surface area contributed by atoms with E-state index in [1.165, 1.54) is 0 Å². The number of rotatable bonds is 9. The second-order valence-electron chi connectivity index (χ2n) is 11.8. The molecule has 0 radical (unpaired) electrons. The molecule has 0 unspecified atom stereocenters. The standard InChI is InChI=1S/C37H37N5O4/c1-21(2)38-36(43)26-7-6-24-17-34(42-32(24)18-26)30-15-14-29(20-35(30)45-5)46-28-12-9-23(10-13-28)31-16-25-8-11-27(19-33(25)41-31)40-37(44)39-22(3)4/h6-22,41-42H,1-5H3,(H,38,43)(H2,39,40,44). The molecule has 0 saturated heterocycles. The Labute approximate surface area is 267 Å². The second-order valence-corrected chi connectivity index (χ2v) is 11.8. The number of hydrogen-bond donors (Lipinski definition) is 5. The van der Waals surface area contributed by atoms with Crippen molar-refractivity contribution in [3.63, 3.8) is 0 Å². The molecule has 9 nitrogen and oxygen atoms in total. The van der Waals surface area contributed by atoms with E-state index in [1.54, 1.807) is 7.11 Å². The smallest absolute Gasteiger partial charge is 0.319 e. The van der Waals surface area contributed by atoms with Crippen molar-refractivity contribution in [3.05, 3.63) is 96.6 Å². The van der Waals surface area contributed by atoms with Crippen LogP contribution in [0.5, 0.6) is 17.2 Å². The molecule has 0 aliphatic carbocycles. The Bertz CT molecular complexity index is 2040. The topological polar surface area (TPSA) is 120 Å². The van der Waals surface area contributed by atoms with Crippen LogP contribution in [0.4, 0.5) is 10.5 Å². The molecule has 46 heavy (non-hydrogen) atoms. The van der Waals surface area contributed by atoms with Gasteiger partial charge < -0.3 is 35.4 Å². The number of aromatic nitrogens is 2. The van der Waals surface area contributed by atoms with Crippen molar-refractivity contribution in [2.24, 2.45) is 0 Å². The first-order chi connectivity index (χ1) is 22.1. The Kier molecular flexibility index (Phi) is 8.39. The van der Waals surface area contributed by atoms with Crippen LogP contribution in [0.25, 0.3) is 44.3 Å². The fourth-order valence-corrected chi connectivity index (χ4v) is 5.34. The van der Waals surface area contributed by atoms with Gasteiger partial charge in [0.05, 0.1) is 12.8 Å². The van der Waals surface area contributed by atoms with Crippen molar-refractivity contribution in [1.82, 2.24) is 20.6 Å². The highest BCUT2D eigenvalue weighted by Crippen LogP contribution is 2.36. The summed E-state index contributed by atoms with van der Waals surface area (Å²) in [5.74, 6) is 1.89. The average molecular weight is 616 g/mol. The van der Waals surface area contributed by atoms with Gasteiger partial charge in [0, 0.05) is 62.5 Å². The van der Waals surface area contributed by atoms with Crippen LogP contribution in [-0.4, -0.2) is 41.1 Å². The van der Waals surface area contributed by atoms with E-state index in [0.29, 0.717) is 28.5 Å². The maximum atomic E-state index is 12.5. The van der Waals surface area contributed by atoms with Gasteiger partial charge in [0.2, 0.25) is 0 Å². The third kappa shape index (κ3) is 6.68. The molecule has 234 valence electrons. The zero-order valence-electron chi connectivity index (χ0n) is 26.4. The first kappa shape index (κ1) is 30.3. The predicted molar refractivity (Wildman–Crippen MR) is 184 cm³/mol. The molecule has 0 aliphatic rings. The highest BCUT2D eigenvalue weighted by atomic mass is 16.5. The predicted octanol–water partition coefficient (Wildman–Crippen LogP) is 8.45. The van der Waals surface area contributed by atoms with Crippen molar-refractivity contribution in [1.29, 1.82) is 0 Å². The minimum absolute atomic E-state index is 0.0563. The van der Waals surface area contributed by atoms with Crippen LogP contribution >= 0.6 is 0 Å². The molecule has 6 rings (SSSR count). The molecule has 0 atom stereocenters. The third-order valence-electron chi connectivity index (χ3n) is 7.47. The largest absolute Gasteiger partial charge is 0.496 e. The van der Waals surface area contributed by atoms with Crippen molar-refractivity contribution in [2.75, 3.05) is 12.4 Å². The molecular formula is C37H37N5O4. The molecule has 0 aliphatic heterocycles. The number of H-pyrrole nitrogens is 2. The number of carbonyl (C=O) groups excluding carboxylic acids is 2. The fraction of sp³-hybridized carbons (Fsp3) is 0.189. The molecule has 2 aromatic heterocycles. The zero-order chi connectivity index (χ0) is 32.4. The van der Waals surface area contributed by atoms with E-state index in [0.717, 1.165) is 44.3 Å². The van der Waals surface area contributed by atoms with Crippen LogP contribution in [0.1, 0.15) is 38.1 Å². The van der Waals surface area contributed by atoms with Crippen molar-refractivity contribution in [2.45, 2.75) is 39.8 Å². The van der Waals surface area contributed by atoms with Crippen LogP contribution in [-0.2, 0) is 0 Å². The number of amides is 3. The molecular weight excluding hydrogens is 578 g/mol. The van der Waals surface area contributed by atoms with E-state index in [4.69, 9.17) is 9.47 Å². The SMILES string of the molecule is COc1cc(Oc2ccc(-c3cc4ccc(NC(=O)NC(C)C)cc4[nH]3)cc2)ccc1-c1cc2ccc(C(=O)NC(C)C)cc2[nH]1.